The number of likely N-dealkylation sites (tertiary alicyclic amines) is 1. The zero-order valence-electron chi connectivity index (χ0n) is 10.8. The summed E-state index contributed by atoms with van der Waals surface area (Å²) in [6, 6.07) is 6.78. The molecule has 1 aliphatic heterocycles. The molecule has 0 radical (unpaired) electrons. The van der Waals surface area contributed by atoms with Gasteiger partial charge < -0.3 is 10.2 Å². The molecule has 1 saturated heterocycles. The Balaban J connectivity index is 1.79. The lowest BCUT2D eigenvalue weighted by Gasteiger charge is -2.31. The highest BCUT2D eigenvalue weighted by atomic mass is 79.9. The summed E-state index contributed by atoms with van der Waals surface area (Å²) in [6.07, 6.45) is 2.51. The lowest BCUT2D eigenvalue weighted by molar-refractivity contribution is 0.206. The largest absolute Gasteiger partial charge is 0.310 e. The molecule has 0 saturated carbocycles. The van der Waals surface area contributed by atoms with Gasteiger partial charge in [-0.15, -0.1) is 0 Å². The van der Waals surface area contributed by atoms with Gasteiger partial charge in [0.05, 0.1) is 5.02 Å². The van der Waals surface area contributed by atoms with Crippen molar-refractivity contribution in [1.82, 2.24) is 10.2 Å². The maximum absolute atomic E-state index is 5.99. The Bertz CT molecular complexity index is 389. The van der Waals surface area contributed by atoms with Crippen LogP contribution in [0.2, 0.25) is 5.02 Å². The Labute approximate surface area is 123 Å². The summed E-state index contributed by atoms with van der Waals surface area (Å²) < 4.78 is 0.976. The van der Waals surface area contributed by atoms with Crippen molar-refractivity contribution < 1.29 is 0 Å². The Morgan fingerprint density at radius 3 is 2.72 bits per heavy atom. The average Bonchev–Trinajstić information content (AvgIpc) is 2.41. The molecule has 1 aromatic rings. The van der Waals surface area contributed by atoms with Gasteiger partial charge in [-0.3, -0.25) is 0 Å². The molecule has 0 bridgehead atoms. The van der Waals surface area contributed by atoms with Crippen LogP contribution in [0.1, 0.15) is 25.3 Å². The van der Waals surface area contributed by atoms with E-state index in [1.54, 1.807) is 0 Å². The summed E-state index contributed by atoms with van der Waals surface area (Å²) in [6.45, 7) is 6.78. The fraction of sp³-hybridized carbons (Fsp3) is 0.571. The zero-order valence-corrected chi connectivity index (χ0v) is 13.1. The van der Waals surface area contributed by atoms with Crippen LogP contribution in [-0.2, 0) is 6.54 Å². The SMILES string of the molecule is CCN1CCC(NCc2ccc(Cl)c(Br)c2)CC1. The first-order valence-electron chi connectivity index (χ1n) is 6.58. The van der Waals surface area contributed by atoms with Crippen LogP contribution in [-0.4, -0.2) is 30.6 Å². The molecule has 1 heterocycles. The van der Waals surface area contributed by atoms with Gasteiger partial charge in [-0.1, -0.05) is 24.6 Å². The third-order valence-corrected chi connectivity index (χ3v) is 4.83. The minimum atomic E-state index is 0.655. The van der Waals surface area contributed by atoms with Crippen LogP contribution < -0.4 is 5.32 Å². The van der Waals surface area contributed by atoms with E-state index in [4.69, 9.17) is 11.6 Å². The first-order chi connectivity index (χ1) is 8.69. The van der Waals surface area contributed by atoms with E-state index >= 15 is 0 Å². The third kappa shape index (κ3) is 3.95. The molecule has 0 aromatic heterocycles. The highest BCUT2D eigenvalue weighted by molar-refractivity contribution is 9.10. The molecule has 1 aromatic carbocycles. The van der Waals surface area contributed by atoms with Crippen molar-refractivity contribution in [2.24, 2.45) is 0 Å². The van der Waals surface area contributed by atoms with E-state index in [0.29, 0.717) is 6.04 Å². The van der Waals surface area contributed by atoms with Gasteiger partial charge in [0.1, 0.15) is 0 Å². The second-order valence-corrected chi connectivity index (χ2v) is 6.10. The zero-order chi connectivity index (χ0) is 13.0. The molecule has 0 unspecified atom stereocenters. The van der Waals surface area contributed by atoms with Crippen molar-refractivity contribution in [2.75, 3.05) is 19.6 Å². The summed E-state index contributed by atoms with van der Waals surface area (Å²) in [5, 5.41) is 4.41. The Hall–Kier alpha value is -0.0900. The molecule has 1 aliphatic rings. The second-order valence-electron chi connectivity index (χ2n) is 4.84. The van der Waals surface area contributed by atoms with Crippen LogP contribution in [0.3, 0.4) is 0 Å². The molecule has 0 spiro atoms. The number of halogens is 2. The molecule has 0 amide bonds. The van der Waals surface area contributed by atoms with Crippen molar-refractivity contribution in [3.63, 3.8) is 0 Å². The van der Waals surface area contributed by atoms with E-state index in [2.05, 4.69) is 45.2 Å². The van der Waals surface area contributed by atoms with Crippen molar-refractivity contribution in [3.05, 3.63) is 33.3 Å². The van der Waals surface area contributed by atoms with Gasteiger partial charge in [0.2, 0.25) is 0 Å². The number of hydrogen-bond donors (Lipinski definition) is 1. The summed E-state index contributed by atoms with van der Waals surface area (Å²) in [7, 11) is 0. The molecule has 100 valence electrons. The van der Waals surface area contributed by atoms with E-state index in [1.165, 1.54) is 38.0 Å². The van der Waals surface area contributed by atoms with Crippen molar-refractivity contribution in [3.8, 4) is 0 Å². The fourth-order valence-electron chi connectivity index (χ4n) is 2.37. The first-order valence-corrected chi connectivity index (χ1v) is 7.76. The van der Waals surface area contributed by atoms with Crippen molar-refractivity contribution >= 4 is 27.5 Å². The Morgan fingerprint density at radius 1 is 1.39 bits per heavy atom. The molecule has 0 atom stereocenters. The first kappa shape index (κ1) is 14.3. The van der Waals surface area contributed by atoms with Crippen LogP contribution >= 0.6 is 27.5 Å². The number of piperidine rings is 1. The molecule has 2 nitrogen and oxygen atoms in total. The van der Waals surface area contributed by atoms with Gasteiger partial charge in [0, 0.05) is 17.1 Å². The van der Waals surface area contributed by atoms with E-state index in [0.717, 1.165) is 16.0 Å². The molecule has 4 heteroatoms. The predicted molar refractivity (Wildman–Crippen MR) is 81.1 cm³/mol. The number of nitrogens with zero attached hydrogens (tertiary/aromatic N) is 1. The standard InChI is InChI=1S/C14H20BrClN2/c1-2-18-7-5-12(6-8-18)17-10-11-3-4-14(16)13(15)9-11/h3-4,9,12,17H,2,5-8,10H2,1H3. The highest BCUT2D eigenvalue weighted by Crippen LogP contribution is 2.23. The van der Waals surface area contributed by atoms with Gasteiger partial charge in [0.15, 0.2) is 0 Å². The van der Waals surface area contributed by atoms with Crippen LogP contribution in [0, 0.1) is 0 Å². The molecule has 1 fully saturated rings. The summed E-state index contributed by atoms with van der Waals surface area (Å²) in [4.78, 5) is 2.51. The summed E-state index contributed by atoms with van der Waals surface area (Å²) in [5.74, 6) is 0. The normalized spacial score (nSPS) is 18.2. The second kappa shape index (κ2) is 6.90. The minimum Gasteiger partial charge on any atom is -0.310 e. The predicted octanol–water partition coefficient (Wildman–Crippen LogP) is 3.68. The lowest BCUT2D eigenvalue weighted by atomic mass is 10.0. The number of nitrogens with one attached hydrogen (secondary N) is 1. The maximum atomic E-state index is 5.99. The van der Waals surface area contributed by atoms with E-state index in [9.17, 15) is 0 Å². The van der Waals surface area contributed by atoms with Gasteiger partial charge >= 0.3 is 0 Å². The van der Waals surface area contributed by atoms with Crippen LogP contribution in [0.4, 0.5) is 0 Å². The monoisotopic (exact) mass is 330 g/mol. The third-order valence-electron chi connectivity index (χ3n) is 3.61. The quantitative estimate of drug-likeness (QED) is 0.905. The van der Waals surface area contributed by atoms with Crippen molar-refractivity contribution in [2.45, 2.75) is 32.4 Å². The molecule has 2 rings (SSSR count). The molecular formula is C14H20BrClN2. The van der Waals surface area contributed by atoms with E-state index in [-0.39, 0.29) is 0 Å². The lowest BCUT2D eigenvalue weighted by Crippen LogP contribution is -2.42. The van der Waals surface area contributed by atoms with Gasteiger partial charge in [-0.25, -0.2) is 0 Å². The van der Waals surface area contributed by atoms with Gasteiger partial charge in [0.25, 0.3) is 0 Å². The summed E-state index contributed by atoms with van der Waals surface area (Å²) >= 11 is 9.45. The topological polar surface area (TPSA) is 15.3 Å². The maximum Gasteiger partial charge on any atom is 0.0548 e. The summed E-state index contributed by atoms with van der Waals surface area (Å²) in [5.41, 5.74) is 1.28. The Kier molecular flexibility index (Phi) is 5.49. The van der Waals surface area contributed by atoms with Crippen LogP contribution in [0.5, 0.6) is 0 Å². The number of hydrogen-bond acceptors (Lipinski definition) is 2. The fourth-order valence-corrected chi connectivity index (χ4v) is 2.91. The number of benzene rings is 1. The highest BCUT2D eigenvalue weighted by Gasteiger charge is 2.17. The number of rotatable bonds is 4. The molecular weight excluding hydrogens is 312 g/mol. The van der Waals surface area contributed by atoms with Gasteiger partial charge in [-0.05, 0) is 66.1 Å². The van der Waals surface area contributed by atoms with E-state index in [1.807, 2.05) is 6.07 Å². The van der Waals surface area contributed by atoms with Crippen molar-refractivity contribution in [1.29, 1.82) is 0 Å². The van der Waals surface area contributed by atoms with Crippen LogP contribution in [0.25, 0.3) is 0 Å². The Morgan fingerprint density at radius 2 is 2.11 bits per heavy atom. The van der Waals surface area contributed by atoms with Crippen LogP contribution in [0.15, 0.2) is 22.7 Å². The minimum absolute atomic E-state index is 0.655. The van der Waals surface area contributed by atoms with Gasteiger partial charge in [-0.2, -0.15) is 0 Å². The molecule has 0 aliphatic carbocycles. The van der Waals surface area contributed by atoms with E-state index < -0.39 is 0 Å². The molecule has 18 heavy (non-hydrogen) atoms. The smallest absolute Gasteiger partial charge is 0.0548 e. The molecule has 1 N–H and O–H groups in total. The average molecular weight is 332 g/mol.